The topological polar surface area (TPSA) is 38.0 Å². The first-order valence-corrected chi connectivity index (χ1v) is 13.6. The van der Waals surface area contributed by atoms with Crippen molar-refractivity contribution in [2.24, 2.45) is 34.8 Å². The number of nitrogens with two attached hydrogens (primary N) is 1. The second kappa shape index (κ2) is 8.95. The van der Waals surface area contributed by atoms with Gasteiger partial charge in [-0.05, 0) is 112 Å². The smallest absolute Gasteiger partial charge is 0.0818 e. The number of rotatable bonds is 7. The van der Waals surface area contributed by atoms with Gasteiger partial charge in [0.25, 0.3) is 0 Å². The third-order valence-electron chi connectivity index (χ3n) is 9.55. The fourth-order valence-electron chi connectivity index (χ4n) is 8.31. The van der Waals surface area contributed by atoms with E-state index in [4.69, 9.17) is 29.6 Å². The zero-order chi connectivity index (χ0) is 21.5. The van der Waals surface area contributed by atoms with Gasteiger partial charge in [-0.2, -0.15) is 0 Å². The summed E-state index contributed by atoms with van der Waals surface area (Å²) in [6.07, 6.45) is 14.0. The van der Waals surface area contributed by atoms with E-state index in [0.29, 0.717) is 11.5 Å². The summed E-state index contributed by atoms with van der Waals surface area (Å²) in [6, 6.07) is 12.0. The van der Waals surface area contributed by atoms with Crippen LogP contribution in [0.25, 0.3) is 0 Å². The van der Waals surface area contributed by atoms with Crippen molar-refractivity contribution < 1.29 is 0 Å². The molecule has 0 heterocycles. The minimum absolute atomic E-state index is 0.208. The molecule has 2 unspecified atom stereocenters. The van der Waals surface area contributed by atoms with Crippen LogP contribution in [0.2, 0.25) is 0 Å². The Morgan fingerprint density at radius 2 is 1.71 bits per heavy atom. The summed E-state index contributed by atoms with van der Waals surface area (Å²) in [5.41, 5.74) is 8.02. The fourth-order valence-corrected chi connectivity index (χ4v) is 8.87. The van der Waals surface area contributed by atoms with Crippen molar-refractivity contribution in [3.8, 4) is 0 Å². The van der Waals surface area contributed by atoms with Gasteiger partial charge >= 0.3 is 0 Å². The largest absolute Gasteiger partial charge is 0.376 e. The molecule has 3 N–H and O–H groups in total. The highest BCUT2D eigenvalue weighted by Gasteiger charge is 2.62. The molecule has 0 radical (unpaired) electrons. The van der Waals surface area contributed by atoms with Gasteiger partial charge in [-0.25, -0.2) is 0 Å². The Hall–Kier alpha value is -0.640. The van der Waals surface area contributed by atoms with Crippen molar-refractivity contribution in [3.63, 3.8) is 0 Å². The lowest BCUT2D eigenvalue weighted by Crippen LogP contribution is -2.62. The maximum atomic E-state index is 6.25. The predicted molar refractivity (Wildman–Crippen MR) is 135 cm³/mol. The number of thiocarbonyl (C=S) groups is 1. The summed E-state index contributed by atoms with van der Waals surface area (Å²) in [4.78, 5) is 1.20. The van der Waals surface area contributed by atoms with Crippen molar-refractivity contribution in [3.05, 3.63) is 35.9 Å². The van der Waals surface area contributed by atoms with Gasteiger partial charge in [0.15, 0.2) is 0 Å². The second-order valence-corrected chi connectivity index (χ2v) is 12.1. The van der Waals surface area contributed by atoms with Crippen LogP contribution in [0, 0.1) is 29.1 Å². The van der Waals surface area contributed by atoms with Crippen molar-refractivity contribution in [2.45, 2.75) is 82.1 Å². The van der Waals surface area contributed by atoms with Gasteiger partial charge in [0.05, 0.1) is 4.99 Å². The molecule has 1 aromatic carbocycles. The summed E-state index contributed by atoms with van der Waals surface area (Å²) in [7, 11) is 0. The molecule has 0 spiro atoms. The molecule has 0 amide bonds. The first-order chi connectivity index (χ1) is 15.1. The van der Waals surface area contributed by atoms with Crippen LogP contribution in [0.3, 0.4) is 0 Å². The van der Waals surface area contributed by atoms with Crippen LogP contribution in [0.4, 0.5) is 0 Å². The average Bonchev–Trinajstić information content (AvgIpc) is 2.79. The molecule has 5 aliphatic carbocycles. The number of alkyl halides is 1. The van der Waals surface area contributed by atoms with Gasteiger partial charge < -0.3 is 11.1 Å². The number of nitrogens with one attached hydrogen (secondary N) is 1. The van der Waals surface area contributed by atoms with E-state index >= 15 is 0 Å². The highest BCUT2D eigenvalue weighted by molar-refractivity contribution is 7.80. The van der Waals surface area contributed by atoms with Gasteiger partial charge in [-0.1, -0.05) is 42.5 Å². The molecular weight excluding hydrogens is 420 g/mol. The minimum Gasteiger partial charge on any atom is -0.376 e. The Morgan fingerprint density at radius 3 is 2.32 bits per heavy atom. The van der Waals surface area contributed by atoms with Crippen molar-refractivity contribution in [1.82, 2.24) is 5.32 Å². The van der Waals surface area contributed by atoms with Crippen LogP contribution in [0.1, 0.15) is 76.2 Å². The normalized spacial score (nSPS) is 41.3. The molecule has 2 nitrogen and oxygen atoms in total. The lowest BCUT2D eigenvalue weighted by atomic mass is 9.40. The van der Waals surface area contributed by atoms with E-state index < -0.39 is 0 Å². The molecule has 31 heavy (non-hydrogen) atoms. The van der Waals surface area contributed by atoms with Crippen LogP contribution >= 0.6 is 23.8 Å². The summed E-state index contributed by atoms with van der Waals surface area (Å²) in [5, 5.41) is 3.92. The number of halogens is 1. The van der Waals surface area contributed by atoms with Crippen molar-refractivity contribution in [1.29, 1.82) is 0 Å². The molecule has 5 fully saturated rings. The zero-order valence-corrected chi connectivity index (χ0v) is 20.4. The summed E-state index contributed by atoms with van der Waals surface area (Å²) in [5.74, 6) is 3.98. The first-order valence-electron chi connectivity index (χ1n) is 12.7. The fraction of sp³-hybridized carbons (Fsp3) is 0.741. The van der Waals surface area contributed by atoms with Gasteiger partial charge in [0.2, 0.25) is 0 Å². The van der Waals surface area contributed by atoms with Crippen LogP contribution in [0.5, 0.6) is 0 Å². The second-order valence-electron chi connectivity index (χ2n) is 11.4. The van der Waals surface area contributed by atoms with Crippen molar-refractivity contribution in [2.75, 3.05) is 12.4 Å². The van der Waals surface area contributed by atoms with Crippen molar-refractivity contribution >= 4 is 28.8 Å². The van der Waals surface area contributed by atoms with Crippen LogP contribution in [-0.4, -0.2) is 23.5 Å². The lowest BCUT2D eigenvalue weighted by molar-refractivity contribution is -0.0839. The average molecular weight is 459 g/mol. The van der Waals surface area contributed by atoms with Gasteiger partial charge in [-0.3, -0.25) is 0 Å². The third kappa shape index (κ3) is 4.08. The van der Waals surface area contributed by atoms with Gasteiger partial charge in [0, 0.05) is 17.3 Å². The van der Waals surface area contributed by atoms with E-state index in [2.05, 4.69) is 35.6 Å². The van der Waals surface area contributed by atoms with E-state index in [9.17, 15) is 0 Å². The monoisotopic (exact) mass is 458 g/mol. The molecule has 170 valence electrons. The molecule has 0 aromatic heterocycles. The third-order valence-corrected chi connectivity index (χ3v) is 10.4. The van der Waals surface area contributed by atoms with E-state index in [-0.39, 0.29) is 5.41 Å². The highest BCUT2D eigenvalue weighted by Crippen LogP contribution is 2.68. The molecule has 2 atom stereocenters. The molecule has 0 aliphatic heterocycles. The molecule has 4 bridgehead atoms. The van der Waals surface area contributed by atoms with E-state index in [1.807, 2.05) is 0 Å². The lowest BCUT2D eigenvalue weighted by Gasteiger charge is -2.65. The Morgan fingerprint density at radius 1 is 1.03 bits per heavy atom. The number of benzene rings is 1. The Kier molecular flexibility index (Phi) is 6.40. The Balaban J connectivity index is 1.38. The number of hydrogen-bond donors (Lipinski definition) is 2. The van der Waals surface area contributed by atoms with Gasteiger partial charge in [-0.15, -0.1) is 11.6 Å². The van der Waals surface area contributed by atoms with Gasteiger partial charge in [0.1, 0.15) is 0 Å². The molecule has 0 saturated heterocycles. The van der Waals surface area contributed by atoms with Crippen LogP contribution < -0.4 is 11.1 Å². The SMILES string of the molecule is NC[C@H]1CC[C@H](NC(=S)C23CC4CC(c5ccccc5)(CC(C2)C4CCCCl)C3)CC1. The minimum atomic E-state index is 0.208. The Labute approximate surface area is 199 Å². The van der Waals surface area contributed by atoms with Crippen LogP contribution in [-0.2, 0) is 5.41 Å². The van der Waals surface area contributed by atoms with E-state index in [1.165, 1.54) is 69.2 Å². The number of hydrogen-bond acceptors (Lipinski definition) is 2. The van der Waals surface area contributed by atoms with E-state index in [1.54, 1.807) is 5.56 Å². The maximum Gasteiger partial charge on any atom is 0.0818 e. The summed E-state index contributed by atoms with van der Waals surface area (Å²) in [6.45, 7) is 0.841. The standard InChI is InChI=1S/C27H39ClN2S/c28-12-4-7-24-20-13-26(22-5-2-1-3-6-22)14-21(24)16-27(15-20,18-26)25(31)30-23-10-8-19(17-29)9-11-23/h1-3,5-6,19-21,23-24H,4,7-18,29H2,(H,30,31)/t19-,20?,21?,23-,24?,26?,27?. The highest BCUT2D eigenvalue weighted by atomic mass is 35.5. The maximum absolute atomic E-state index is 6.25. The van der Waals surface area contributed by atoms with E-state index in [0.717, 1.165) is 42.5 Å². The van der Waals surface area contributed by atoms with Crippen LogP contribution in [0.15, 0.2) is 30.3 Å². The zero-order valence-electron chi connectivity index (χ0n) is 18.8. The predicted octanol–water partition coefficient (Wildman–Crippen LogP) is 6.20. The molecule has 4 heteroatoms. The first kappa shape index (κ1) is 22.2. The molecule has 5 aliphatic rings. The summed E-state index contributed by atoms with van der Waals surface area (Å²) >= 11 is 12.4. The molecular formula is C27H39ClN2S. The molecule has 5 saturated carbocycles. The summed E-state index contributed by atoms with van der Waals surface area (Å²) < 4.78 is 0. The molecule has 6 rings (SSSR count). The molecule has 1 aromatic rings. The quantitative estimate of drug-likeness (QED) is 0.377. The Bertz CT molecular complexity index is 757.